The first kappa shape index (κ1) is 19.3. The third-order valence-corrected chi connectivity index (χ3v) is 5.66. The predicted molar refractivity (Wildman–Crippen MR) is 119 cm³/mol. The molecule has 1 amide bonds. The number of rotatable bonds is 4. The number of pyridine rings is 1. The Labute approximate surface area is 178 Å². The summed E-state index contributed by atoms with van der Waals surface area (Å²) in [5.41, 5.74) is 5.29. The summed E-state index contributed by atoms with van der Waals surface area (Å²) in [6, 6.07) is 17.6. The Balaban J connectivity index is 1.79. The Hall–Kier alpha value is -2.99. The lowest BCUT2D eigenvalue weighted by atomic mass is 10.0. The summed E-state index contributed by atoms with van der Waals surface area (Å²) in [5.74, 6) is -0.0454. The summed E-state index contributed by atoms with van der Waals surface area (Å²) in [4.78, 5) is 19.9. The SMILES string of the molecule is Cc1c(CN(C)C(=O)c2cc(-c3ccccc3)nc3ccc(Br)cc23)cnn1C. The Morgan fingerprint density at radius 3 is 2.59 bits per heavy atom. The van der Waals surface area contributed by atoms with E-state index in [-0.39, 0.29) is 5.91 Å². The van der Waals surface area contributed by atoms with Gasteiger partial charge in [-0.2, -0.15) is 5.10 Å². The van der Waals surface area contributed by atoms with E-state index in [2.05, 4.69) is 21.0 Å². The van der Waals surface area contributed by atoms with E-state index in [0.29, 0.717) is 12.1 Å². The van der Waals surface area contributed by atoms with Crippen LogP contribution in [0.1, 0.15) is 21.6 Å². The molecular weight excluding hydrogens is 428 g/mol. The van der Waals surface area contributed by atoms with Crippen molar-refractivity contribution < 1.29 is 4.79 Å². The number of halogens is 1. The van der Waals surface area contributed by atoms with Gasteiger partial charge in [-0.25, -0.2) is 4.98 Å². The van der Waals surface area contributed by atoms with E-state index in [0.717, 1.165) is 37.9 Å². The van der Waals surface area contributed by atoms with Gasteiger partial charge >= 0.3 is 0 Å². The molecule has 0 saturated carbocycles. The van der Waals surface area contributed by atoms with Gasteiger partial charge in [0.05, 0.1) is 23.0 Å². The summed E-state index contributed by atoms with van der Waals surface area (Å²) in [7, 11) is 3.72. The van der Waals surface area contributed by atoms with Crippen molar-refractivity contribution in [3.63, 3.8) is 0 Å². The van der Waals surface area contributed by atoms with Gasteiger partial charge in [0.25, 0.3) is 5.91 Å². The van der Waals surface area contributed by atoms with E-state index in [4.69, 9.17) is 4.98 Å². The minimum atomic E-state index is -0.0454. The molecule has 0 unspecified atom stereocenters. The molecule has 29 heavy (non-hydrogen) atoms. The van der Waals surface area contributed by atoms with Crippen LogP contribution in [-0.4, -0.2) is 32.6 Å². The highest BCUT2D eigenvalue weighted by Gasteiger charge is 2.19. The fraction of sp³-hybridized carbons (Fsp3) is 0.174. The first-order valence-electron chi connectivity index (χ1n) is 9.32. The number of nitrogens with zero attached hydrogens (tertiary/aromatic N) is 4. The smallest absolute Gasteiger partial charge is 0.254 e. The van der Waals surface area contributed by atoms with Gasteiger partial charge in [-0.1, -0.05) is 46.3 Å². The van der Waals surface area contributed by atoms with Crippen molar-refractivity contribution in [2.75, 3.05) is 7.05 Å². The van der Waals surface area contributed by atoms with E-state index >= 15 is 0 Å². The average Bonchev–Trinajstić information content (AvgIpc) is 3.05. The van der Waals surface area contributed by atoms with Gasteiger partial charge in [-0.05, 0) is 31.2 Å². The zero-order valence-corrected chi connectivity index (χ0v) is 18.1. The van der Waals surface area contributed by atoms with E-state index < -0.39 is 0 Å². The van der Waals surface area contributed by atoms with Crippen molar-refractivity contribution in [1.82, 2.24) is 19.7 Å². The van der Waals surface area contributed by atoms with E-state index in [9.17, 15) is 4.79 Å². The summed E-state index contributed by atoms with van der Waals surface area (Å²) in [6.45, 7) is 2.50. The molecule has 0 saturated heterocycles. The molecule has 0 spiro atoms. The zero-order valence-electron chi connectivity index (χ0n) is 16.6. The quantitative estimate of drug-likeness (QED) is 0.442. The van der Waals surface area contributed by atoms with Crippen molar-refractivity contribution in [3.8, 4) is 11.3 Å². The minimum absolute atomic E-state index is 0.0454. The number of carbonyl (C=O) groups is 1. The van der Waals surface area contributed by atoms with Crippen LogP contribution < -0.4 is 0 Å². The first-order chi connectivity index (χ1) is 13.9. The lowest BCUT2D eigenvalue weighted by Crippen LogP contribution is -2.26. The lowest BCUT2D eigenvalue weighted by molar-refractivity contribution is 0.0787. The van der Waals surface area contributed by atoms with Crippen LogP contribution in [0.4, 0.5) is 0 Å². The Morgan fingerprint density at radius 2 is 1.90 bits per heavy atom. The van der Waals surface area contributed by atoms with Crippen LogP contribution >= 0.6 is 15.9 Å². The first-order valence-corrected chi connectivity index (χ1v) is 10.1. The fourth-order valence-electron chi connectivity index (χ4n) is 3.36. The molecule has 6 heteroatoms. The molecule has 2 heterocycles. The van der Waals surface area contributed by atoms with Gasteiger partial charge in [0.1, 0.15) is 0 Å². The maximum atomic E-state index is 13.4. The Morgan fingerprint density at radius 1 is 1.14 bits per heavy atom. The number of hydrogen-bond acceptors (Lipinski definition) is 3. The summed E-state index contributed by atoms with van der Waals surface area (Å²) >= 11 is 3.52. The predicted octanol–water partition coefficient (Wildman–Crippen LogP) is 4.98. The molecule has 2 aromatic heterocycles. The van der Waals surface area contributed by atoms with Crippen LogP contribution in [0.25, 0.3) is 22.2 Å². The van der Waals surface area contributed by atoms with Gasteiger partial charge in [0, 0.05) is 47.3 Å². The number of aryl methyl sites for hydroxylation is 1. The molecule has 4 aromatic rings. The molecule has 0 aliphatic heterocycles. The van der Waals surface area contributed by atoms with Crippen molar-refractivity contribution in [1.29, 1.82) is 0 Å². The number of amides is 1. The highest BCUT2D eigenvalue weighted by molar-refractivity contribution is 9.10. The average molecular weight is 449 g/mol. The minimum Gasteiger partial charge on any atom is -0.337 e. The van der Waals surface area contributed by atoms with Crippen molar-refractivity contribution in [3.05, 3.63) is 82.1 Å². The number of carbonyl (C=O) groups excluding carboxylic acids is 1. The van der Waals surface area contributed by atoms with Crippen LogP contribution in [0.5, 0.6) is 0 Å². The monoisotopic (exact) mass is 448 g/mol. The van der Waals surface area contributed by atoms with E-state index in [1.807, 2.05) is 86.5 Å². The molecular formula is C23H21BrN4O. The highest BCUT2D eigenvalue weighted by Crippen LogP contribution is 2.28. The van der Waals surface area contributed by atoms with Crippen LogP contribution in [-0.2, 0) is 13.6 Å². The topological polar surface area (TPSA) is 51.0 Å². The van der Waals surface area contributed by atoms with Gasteiger partial charge < -0.3 is 4.90 Å². The summed E-state index contributed by atoms with van der Waals surface area (Å²) in [6.07, 6.45) is 1.82. The standard InChI is InChI=1S/C23H21BrN4O/c1-15-17(13-25-28(15)3)14-27(2)23(29)20-12-22(16-7-5-4-6-8-16)26-21-10-9-18(24)11-19(20)21/h4-13H,14H2,1-3H3. The summed E-state index contributed by atoms with van der Waals surface area (Å²) in [5, 5.41) is 5.11. The summed E-state index contributed by atoms with van der Waals surface area (Å²) < 4.78 is 2.74. The number of aromatic nitrogens is 3. The van der Waals surface area contributed by atoms with Crippen LogP contribution in [0.15, 0.2) is 65.3 Å². The molecule has 0 fully saturated rings. The fourth-order valence-corrected chi connectivity index (χ4v) is 3.73. The lowest BCUT2D eigenvalue weighted by Gasteiger charge is -2.19. The largest absolute Gasteiger partial charge is 0.337 e. The molecule has 5 nitrogen and oxygen atoms in total. The normalized spacial score (nSPS) is 11.0. The zero-order chi connectivity index (χ0) is 20.5. The molecule has 0 radical (unpaired) electrons. The molecule has 4 rings (SSSR count). The molecule has 146 valence electrons. The van der Waals surface area contributed by atoms with Crippen molar-refractivity contribution in [2.24, 2.45) is 7.05 Å². The third-order valence-electron chi connectivity index (χ3n) is 5.16. The number of hydrogen-bond donors (Lipinski definition) is 0. The van der Waals surface area contributed by atoms with Crippen LogP contribution in [0.3, 0.4) is 0 Å². The molecule has 0 aliphatic rings. The second-order valence-electron chi connectivity index (χ2n) is 7.12. The molecule has 0 bridgehead atoms. The number of benzene rings is 2. The van der Waals surface area contributed by atoms with Crippen molar-refractivity contribution >= 4 is 32.7 Å². The molecule has 0 aliphatic carbocycles. The van der Waals surface area contributed by atoms with E-state index in [1.165, 1.54) is 0 Å². The Kier molecular flexibility index (Phi) is 5.20. The number of fused-ring (bicyclic) bond motifs is 1. The van der Waals surface area contributed by atoms with E-state index in [1.54, 1.807) is 4.90 Å². The van der Waals surface area contributed by atoms with Gasteiger partial charge in [0.2, 0.25) is 0 Å². The molecule has 0 N–H and O–H groups in total. The van der Waals surface area contributed by atoms with Gasteiger partial charge in [-0.3, -0.25) is 9.48 Å². The third kappa shape index (κ3) is 3.80. The second kappa shape index (κ2) is 7.79. The maximum absolute atomic E-state index is 13.4. The van der Waals surface area contributed by atoms with Crippen LogP contribution in [0, 0.1) is 6.92 Å². The Bertz CT molecular complexity index is 1200. The highest BCUT2D eigenvalue weighted by atomic mass is 79.9. The van der Waals surface area contributed by atoms with Gasteiger partial charge in [0.15, 0.2) is 0 Å². The van der Waals surface area contributed by atoms with Gasteiger partial charge in [-0.15, -0.1) is 0 Å². The second-order valence-corrected chi connectivity index (χ2v) is 8.04. The molecule has 0 atom stereocenters. The maximum Gasteiger partial charge on any atom is 0.254 e. The van der Waals surface area contributed by atoms with Crippen LogP contribution in [0.2, 0.25) is 0 Å². The molecule has 2 aromatic carbocycles. The van der Waals surface area contributed by atoms with Crippen molar-refractivity contribution in [2.45, 2.75) is 13.5 Å².